The van der Waals surface area contributed by atoms with Crippen molar-refractivity contribution in [2.75, 3.05) is 11.5 Å². The Bertz CT molecular complexity index is 1420. The number of amides is 1. The predicted molar refractivity (Wildman–Crippen MR) is 111 cm³/mol. The van der Waals surface area contributed by atoms with Crippen LogP contribution in [0, 0.1) is 0 Å². The second kappa shape index (κ2) is 6.02. The molecular formula is C25H16F3NO5. The third-order valence-electron chi connectivity index (χ3n) is 7.17. The maximum absolute atomic E-state index is 13.9. The molecule has 1 aromatic heterocycles. The molecule has 9 heteroatoms. The van der Waals surface area contributed by atoms with E-state index in [0.717, 1.165) is 6.07 Å². The van der Waals surface area contributed by atoms with Crippen molar-refractivity contribution in [3.05, 3.63) is 76.7 Å². The molecule has 1 atom stereocenters. The number of furan rings is 1. The summed E-state index contributed by atoms with van der Waals surface area (Å²) in [4.78, 5) is 28.3. The molecule has 0 saturated heterocycles. The number of hydrogen-bond donors (Lipinski definition) is 0. The molecule has 1 aliphatic carbocycles. The molecule has 0 unspecified atom stereocenters. The number of nitrogens with zero attached hydrogens (tertiary/aromatic N) is 1. The van der Waals surface area contributed by atoms with Gasteiger partial charge in [-0.25, -0.2) is 0 Å². The summed E-state index contributed by atoms with van der Waals surface area (Å²) in [6, 6.07) is 12.6. The van der Waals surface area contributed by atoms with Crippen LogP contribution in [0.2, 0.25) is 0 Å². The Hall–Kier alpha value is -3.75. The Morgan fingerprint density at radius 2 is 1.76 bits per heavy atom. The standard InChI is InChI=1S/C25H16F3NO5/c26-25(27,28)20-6-5-13(33-20)11-29-17-4-2-1-3-15(17)24(22(29)31)12-32-19-10-18-14(9-16(19)24)21(30)23(34-18)7-8-23/h1-6,9-10H,7-8,11-12H2/t24-/m0/s1. The highest BCUT2D eigenvalue weighted by atomic mass is 19.4. The predicted octanol–water partition coefficient (Wildman–Crippen LogP) is 4.63. The number of carbonyl (C=O) groups is 2. The number of rotatable bonds is 2. The van der Waals surface area contributed by atoms with Crippen LogP contribution in [0.1, 0.15) is 45.8 Å². The molecule has 34 heavy (non-hydrogen) atoms. The number of ether oxygens (including phenoxy) is 2. The summed E-state index contributed by atoms with van der Waals surface area (Å²) in [5.41, 5.74) is 0.260. The van der Waals surface area contributed by atoms with E-state index < -0.39 is 23.0 Å². The van der Waals surface area contributed by atoms with E-state index in [1.165, 1.54) is 11.0 Å². The third kappa shape index (κ3) is 2.36. The topological polar surface area (TPSA) is 69.0 Å². The van der Waals surface area contributed by atoms with Crippen molar-refractivity contribution in [1.82, 2.24) is 0 Å². The fourth-order valence-electron chi connectivity index (χ4n) is 5.34. The Balaban J connectivity index is 1.33. The fraction of sp³-hybridized carbons (Fsp3) is 0.280. The largest absolute Gasteiger partial charge is 0.491 e. The van der Waals surface area contributed by atoms with E-state index in [2.05, 4.69) is 0 Å². The molecule has 3 aromatic rings. The Morgan fingerprint density at radius 3 is 2.50 bits per heavy atom. The van der Waals surface area contributed by atoms with Gasteiger partial charge in [0.2, 0.25) is 17.5 Å². The Morgan fingerprint density at radius 1 is 0.971 bits per heavy atom. The first-order valence-corrected chi connectivity index (χ1v) is 10.9. The number of Topliss-reactive ketones (excluding diaryl/α,β-unsaturated/α-hetero) is 1. The molecular weight excluding hydrogens is 451 g/mol. The molecule has 3 aliphatic heterocycles. The zero-order valence-electron chi connectivity index (χ0n) is 17.6. The van der Waals surface area contributed by atoms with Crippen molar-refractivity contribution in [3.8, 4) is 11.5 Å². The minimum absolute atomic E-state index is 0.0138. The minimum atomic E-state index is -4.61. The molecule has 4 heterocycles. The summed E-state index contributed by atoms with van der Waals surface area (Å²) in [7, 11) is 0. The highest BCUT2D eigenvalue weighted by molar-refractivity contribution is 6.13. The summed E-state index contributed by atoms with van der Waals surface area (Å²) in [6.07, 6.45) is -3.29. The number of alkyl halides is 3. The highest BCUT2D eigenvalue weighted by Gasteiger charge is 2.61. The van der Waals surface area contributed by atoms with Crippen LogP contribution in [0.5, 0.6) is 11.5 Å². The molecule has 172 valence electrons. The van der Waals surface area contributed by atoms with Crippen LogP contribution in [-0.4, -0.2) is 23.9 Å². The second-order valence-corrected chi connectivity index (χ2v) is 9.14. The number of hydrogen-bond acceptors (Lipinski definition) is 5. The molecule has 0 radical (unpaired) electrons. The number of anilines is 1. The maximum Gasteiger partial charge on any atom is 0.449 e. The third-order valence-corrected chi connectivity index (χ3v) is 7.17. The van der Waals surface area contributed by atoms with Gasteiger partial charge in [-0.2, -0.15) is 13.2 Å². The first-order valence-electron chi connectivity index (χ1n) is 10.9. The van der Waals surface area contributed by atoms with E-state index in [0.29, 0.717) is 46.7 Å². The SMILES string of the molecule is O=C1c2cc3c(cc2OC12CC2)OC[C@@]31C(=O)N(Cc2ccc(C(F)(F)F)o2)c2ccccc21. The van der Waals surface area contributed by atoms with Gasteiger partial charge in [0, 0.05) is 17.3 Å². The molecule has 2 spiro atoms. The van der Waals surface area contributed by atoms with Gasteiger partial charge in [-0.1, -0.05) is 18.2 Å². The zero-order chi connectivity index (χ0) is 23.5. The van der Waals surface area contributed by atoms with Crippen LogP contribution in [0.15, 0.2) is 52.9 Å². The van der Waals surface area contributed by atoms with E-state index in [4.69, 9.17) is 13.9 Å². The number of benzene rings is 2. The van der Waals surface area contributed by atoms with Crippen LogP contribution in [0.3, 0.4) is 0 Å². The number of fused-ring (bicyclic) bond motifs is 5. The average Bonchev–Trinajstić information content (AvgIpc) is 3.09. The summed E-state index contributed by atoms with van der Waals surface area (Å²) in [5.74, 6) is -0.603. The van der Waals surface area contributed by atoms with Gasteiger partial charge in [0.1, 0.15) is 29.3 Å². The molecule has 0 N–H and O–H groups in total. The van der Waals surface area contributed by atoms with Crippen molar-refractivity contribution in [2.24, 2.45) is 0 Å². The Labute approximate surface area is 190 Å². The van der Waals surface area contributed by atoms with Gasteiger partial charge in [-0.15, -0.1) is 0 Å². The van der Waals surface area contributed by atoms with Gasteiger partial charge in [0.15, 0.2) is 5.60 Å². The Kier molecular flexibility index (Phi) is 3.49. The molecule has 1 amide bonds. The number of ketones is 1. The summed E-state index contributed by atoms with van der Waals surface area (Å²) >= 11 is 0. The molecule has 4 aliphatic rings. The van der Waals surface area contributed by atoms with Crippen LogP contribution in [0.4, 0.5) is 18.9 Å². The van der Waals surface area contributed by atoms with Gasteiger partial charge >= 0.3 is 6.18 Å². The van der Waals surface area contributed by atoms with Crippen LogP contribution in [0.25, 0.3) is 0 Å². The lowest BCUT2D eigenvalue weighted by atomic mass is 9.76. The van der Waals surface area contributed by atoms with Gasteiger partial charge in [-0.05, 0) is 42.7 Å². The summed E-state index contributed by atoms with van der Waals surface area (Å²) < 4.78 is 55.8. The molecule has 6 nitrogen and oxygen atoms in total. The van der Waals surface area contributed by atoms with Crippen molar-refractivity contribution in [3.63, 3.8) is 0 Å². The lowest BCUT2D eigenvalue weighted by molar-refractivity contribution is -0.153. The number of halogens is 3. The summed E-state index contributed by atoms with van der Waals surface area (Å²) in [5, 5.41) is 0. The van der Waals surface area contributed by atoms with Gasteiger partial charge in [0.25, 0.3) is 0 Å². The molecule has 0 bridgehead atoms. The minimum Gasteiger partial charge on any atom is -0.491 e. The van der Waals surface area contributed by atoms with Crippen LogP contribution >= 0.6 is 0 Å². The van der Waals surface area contributed by atoms with E-state index >= 15 is 0 Å². The normalized spacial score (nSPS) is 23.2. The molecule has 2 aromatic carbocycles. The quantitative estimate of drug-likeness (QED) is 0.550. The molecule has 1 fully saturated rings. The smallest absolute Gasteiger partial charge is 0.449 e. The molecule has 1 saturated carbocycles. The lowest BCUT2D eigenvalue weighted by Gasteiger charge is -2.22. The average molecular weight is 467 g/mol. The van der Waals surface area contributed by atoms with Gasteiger partial charge in [0.05, 0.1) is 12.1 Å². The lowest BCUT2D eigenvalue weighted by Crippen LogP contribution is -2.42. The van der Waals surface area contributed by atoms with Gasteiger partial charge in [-0.3, -0.25) is 9.59 Å². The summed E-state index contributed by atoms with van der Waals surface area (Å²) in [6.45, 7) is -0.151. The first-order chi connectivity index (χ1) is 16.2. The van der Waals surface area contributed by atoms with Crippen molar-refractivity contribution in [1.29, 1.82) is 0 Å². The first kappa shape index (κ1) is 19.7. The maximum atomic E-state index is 13.9. The van der Waals surface area contributed by atoms with Crippen molar-refractivity contribution < 1.29 is 36.7 Å². The molecule has 7 rings (SSSR count). The number of para-hydroxylation sites is 1. The second-order valence-electron chi connectivity index (χ2n) is 9.14. The van der Waals surface area contributed by atoms with E-state index in [-0.39, 0.29) is 30.6 Å². The highest BCUT2D eigenvalue weighted by Crippen LogP contribution is 2.57. The fourth-order valence-corrected chi connectivity index (χ4v) is 5.34. The monoisotopic (exact) mass is 467 g/mol. The van der Waals surface area contributed by atoms with Crippen molar-refractivity contribution >= 4 is 17.4 Å². The van der Waals surface area contributed by atoms with Crippen molar-refractivity contribution in [2.45, 2.75) is 36.6 Å². The van der Waals surface area contributed by atoms with E-state index in [9.17, 15) is 22.8 Å². The zero-order valence-corrected chi connectivity index (χ0v) is 17.6. The van der Waals surface area contributed by atoms with E-state index in [1.54, 1.807) is 30.3 Å². The van der Waals surface area contributed by atoms with E-state index in [1.807, 2.05) is 6.07 Å². The van der Waals surface area contributed by atoms with Crippen LogP contribution in [-0.2, 0) is 22.9 Å². The number of carbonyl (C=O) groups excluding carboxylic acids is 2. The van der Waals surface area contributed by atoms with Crippen LogP contribution < -0.4 is 14.4 Å². The van der Waals surface area contributed by atoms with Gasteiger partial charge < -0.3 is 18.8 Å².